The van der Waals surface area contributed by atoms with Crippen molar-refractivity contribution in [3.05, 3.63) is 29.6 Å². The van der Waals surface area contributed by atoms with Crippen molar-refractivity contribution < 1.29 is 19.0 Å². The Morgan fingerprint density at radius 1 is 1.40 bits per heavy atom. The summed E-state index contributed by atoms with van der Waals surface area (Å²) >= 11 is 0. The van der Waals surface area contributed by atoms with Crippen molar-refractivity contribution in [1.29, 1.82) is 0 Å². The number of amides is 1. The normalized spacial score (nSPS) is 21.0. The lowest BCUT2D eigenvalue weighted by Gasteiger charge is -2.54. The molecule has 1 aliphatic carbocycles. The summed E-state index contributed by atoms with van der Waals surface area (Å²) in [6, 6.07) is 5.17. The van der Waals surface area contributed by atoms with Crippen LogP contribution in [0.3, 0.4) is 0 Å². The second-order valence-corrected chi connectivity index (χ2v) is 7.65. The van der Waals surface area contributed by atoms with Gasteiger partial charge >= 0.3 is 0 Å². The maximum absolute atomic E-state index is 13.6. The summed E-state index contributed by atoms with van der Waals surface area (Å²) in [6.45, 7) is 3.52. The highest BCUT2D eigenvalue weighted by molar-refractivity contribution is 5.80. The molecule has 1 spiro atoms. The lowest BCUT2D eigenvalue weighted by Crippen LogP contribution is -2.60. The largest absolute Gasteiger partial charge is 0.494 e. The van der Waals surface area contributed by atoms with E-state index in [9.17, 15) is 14.3 Å². The summed E-state index contributed by atoms with van der Waals surface area (Å²) in [5, 5.41) is 9.31. The monoisotopic (exact) mass is 349 g/mol. The van der Waals surface area contributed by atoms with Crippen LogP contribution in [0.25, 0.3) is 0 Å². The zero-order chi connectivity index (χ0) is 18.0. The fourth-order valence-electron chi connectivity index (χ4n) is 4.37. The Kier molecular flexibility index (Phi) is 5.32. The number of hydrogen-bond acceptors (Lipinski definition) is 3. The third-order valence-electron chi connectivity index (χ3n) is 6.12. The minimum Gasteiger partial charge on any atom is -0.494 e. The fraction of sp³-hybridized carbons (Fsp3) is 0.650. The number of carbonyl (C=O) groups excluding carboxylic acids is 1. The van der Waals surface area contributed by atoms with Crippen molar-refractivity contribution in [2.75, 3.05) is 26.8 Å². The first kappa shape index (κ1) is 18.2. The summed E-state index contributed by atoms with van der Waals surface area (Å²) in [6.07, 6.45) is 5.00. The van der Waals surface area contributed by atoms with Gasteiger partial charge in [0.15, 0.2) is 11.6 Å². The molecule has 2 fully saturated rings. The summed E-state index contributed by atoms with van der Waals surface area (Å²) in [4.78, 5) is 14.2. The highest BCUT2D eigenvalue weighted by Gasteiger charge is 2.47. The van der Waals surface area contributed by atoms with Gasteiger partial charge in [0.1, 0.15) is 0 Å². The molecular formula is C20H28FNO3. The van der Waals surface area contributed by atoms with Crippen LogP contribution < -0.4 is 4.74 Å². The van der Waals surface area contributed by atoms with Crippen LogP contribution in [0.1, 0.15) is 50.5 Å². The molecule has 1 amide bonds. The molecule has 25 heavy (non-hydrogen) atoms. The predicted molar refractivity (Wildman–Crippen MR) is 94.0 cm³/mol. The SMILES string of the molecule is CC[C@H](CO)C(=O)N1CC2(CCC(c3ccc(F)c(OC)c3)CC2)C1. The predicted octanol–water partition coefficient (Wildman–Crippen LogP) is 3.34. The van der Waals surface area contributed by atoms with Gasteiger partial charge in [0.25, 0.3) is 0 Å². The van der Waals surface area contributed by atoms with Gasteiger partial charge in [0, 0.05) is 18.5 Å². The number of nitrogens with zero attached hydrogens (tertiary/aromatic N) is 1. The minimum atomic E-state index is -0.318. The number of rotatable bonds is 5. The fourth-order valence-corrected chi connectivity index (χ4v) is 4.37. The summed E-state index contributed by atoms with van der Waals surface area (Å²) in [5.41, 5.74) is 1.40. The maximum atomic E-state index is 13.6. The van der Waals surface area contributed by atoms with Gasteiger partial charge in [-0.3, -0.25) is 4.79 Å². The molecule has 138 valence electrons. The van der Waals surface area contributed by atoms with Crippen molar-refractivity contribution in [2.45, 2.75) is 44.9 Å². The van der Waals surface area contributed by atoms with Crippen molar-refractivity contribution >= 4 is 5.91 Å². The number of carbonyl (C=O) groups is 1. The molecule has 0 aromatic heterocycles. The van der Waals surface area contributed by atoms with Crippen LogP contribution in [-0.2, 0) is 4.79 Å². The Balaban J connectivity index is 1.56. The number of halogens is 1. The molecule has 3 rings (SSSR count). The summed E-state index contributed by atoms with van der Waals surface area (Å²) in [5.74, 6) is 0.279. The number of hydrogen-bond donors (Lipinski definition) is 1. The lowest BCUT2D eigenvalue weighted by molar-refractivity contribution is -0.151. The number of aliphatic hydroxyl groups is 1. The topological polar surface area (TPSA) is 49.8 Å². The van der Waals surface area contributed by atoms with Gasteiger partial charge in [-0.25, -0.2) is 4.39 Å². The highest BCUT2D eigenvalue weighted by atomic mass is 19.1. The van der Waals surface area contributed by atoms with Crippen LogP contribution in [0, 0.1) is 17.2 Å². The van der Waals surface area contributed by atoms with Gasteiger partial charge in [-0.15, -0.1) is 0 Å². The van der Waals surface area contributed by atoms with Gasteiger partial charge in [0.05, 0.1) is 19.6 Å². The number of ether oxygens (including phenoxy) is 1. The molecule has 0 unspecified atom stereocenters. The van der Waals surface area contributed by atoms with Gasteiger partial charge in [-0.2, -0.15) is 0 Å². The molecule has 4 nitrogen and oxygen atoms in total. The standard InChI is InChI=1S/C20H28FNO3/c1-3-14(11-23)19(24)22-12-20(13-22)8-6-15(7-9-20)16-4-5-17(21)18(10-16)25-2/h4-5,10,14-15,23H,3,6-9,11-13H2,1-2H3/t14-/m1/s1. The van der Waals surface area contributed by atoms with Crippen LogP contribution >= 0.6 is 0 Å². The average Bonchev–Trinajstić information content (AvgIpc) is 2.61. The van der Waals surface area contributed by atoms with E-state index in [1.165, 1.54) is 13.2 Å². The Labute approximate surface area is 149 Å². The molecule has 1 saturated carbocycles. The van der Waals surface area contributed by atoms with Gasteiger partial charge in [-0.05, 0) is 55.7 Å². The second kappa shape index (κ2) is 7.32. The second-order valence-electron chi connectivity index (χ2n) is 7.65. The van der Waals surface area contributed by atoms with Crippen LogP contribution in [-0.4, -0.2) is 42.7 Å². The third kappa shape index (κ3) is 3.52. The molecular weight excluding hydrogens is 321 g/mol. The van der Waals surface area contributed by atoms with E-state index in [4.69, 9.17) is 4.74 Å². The van der Waals surface area contributed by atoms with Crippen LogP contribution in [0.5, 0.6) is 5.75 Å². The van der Waals surface area contributed by atoms with E-state index >= 15 is 0 Å². The molecule has 5 heteroatoms. The first-order valence-corrected chi connectivity index (χ1v) is 9.25. The molecule has 0 bridgehead atoms. The molecule has 1 saturated heterocycles. The smallest absolute Gasteiger partial charge is 0.228 e. The number of benzene rings is 1. The zero-order valence-corrected chi connectivity index (χ0v) is 15.1. The van der Waals surface area contributed by atoms with Gasteiger partial charge < -0.3 is 14.7 Å². The third-order valence-corrected chi connectivity index (χ3v) is 6.12. The summed E-state index contributed by atoms with van der Waals surface area (Å²) in [7, 11) is 1.49. The minimum absolute atomic E-state index is 0.0622. The first-order chi connectivity index (χ1) is 12.0. The van der Waals surface area contributed by atoms with Gasteiger partial charge in [-0.1, -0.05) is 13.0 Å². The van der Waals surface area contributed by atoms with E-state index in [1.54, 1.807) is 0 Å². The van der Waals surface area contributed by atoms with E-state index < -0.39 is 0 Å². The number of likely N-dealkylation sites (tertiary alicyclic amines) is 1. The lowest BCUT2D eigenvalue weighted by atomic mass is 9.64. The quantitative estimate of drug-likeness (QED) is 0.887. The van der Waals surface area contributed by atoms with E-state index in [2.05, 4.69) is 0 Å². The average molecular weight is 349 g/mol. The molecule has 1 aliphatic heterocycles. The Morgan fingerprint density at radius 3 is 2.64 bits per heavy atom. The zero-order valence-electron chi connectivity index (χ0n) is 15.1. The van der Waals surface area contributed by atoms with E-state index in [1.807, 2.05) is 24.0 Å². The summed E-state index contributed by atoms with van der Waals surface area (Å²) < 4.78 is 18.7. The van der Waals surface area contributed by atoms with Crippen molar-refractivity contribution in [3.8, 4) is 5.75 Å². The van der Waals surface area contributed by atoms with E-state index in [0.29, 0.717) is 18.1 Å². The van der Waals surface area contributed by atoms with Crippen molar-refractivity contribution in [3.63, 3.8) is 0 Å². The molecule has 1 aromatic rings. The number of methoxy groups -OCH3 is 1. The number of aliphatic hydroxyl groups excluding tert-OH is 1. The molecule has 1 aromatic carbocycles. The van der Waals surface area contributed by atoms with Crippen LogP contribution in [0.15, 0.2) is 18.2 Å². The molecule has 0 radical (unpaired) electrons. The van der Waals surface area contributed by atoms with Crippen LogP contribution in [0.4, 0.5) is 4.39 Å². The van der Waals surface area contributed by atoms with Crippen LogP contribution in [0.2, 0.25) is 0 Å². The van der Waals surface area contributed by atoms with Gasteiger partial charge in [0.2, 0.25) is 5.91 Å². The Morgan fingerprint density at radius 2 is 2.08 bits per heavy atom. The molecule has 2 aliphatic rings. The molecule has 1 heterocycles. The highest BCUT2D eigenvalue weighted by Crippen LogP contribution is 2.48. The van der Waals surface area contributed by atoms with E-state index in [0.717, 1.165) is 44.3 Å². The first-order valence-electron chi connectivity index (χ1n) is 9.25. The molecule has 1 atom stereocenters. The Hall–Kier alpha value is -1.62. The van der Waals surface area contributed by atoms with Crippen molar-refractivity contribution in [2.24, 2.45) is 11.3 Å². The van der Waals surface area contributed by atoms with Crippen molar-refractivity contribution in [1.82, 2.24) is 4.90 Å². The maximum Gasteiger partial charge on any atom is 0.228 e. The molecule has 1 N–H and O–H groups in total. The van der Waals surface area contributed by atoms with E-state index in [-0.39, 0.29) is 29.7 Å². The Bertz CT molecular complexity index is 613.